The fraction of sp³-hybridized carbons (Fsp3) is 0.488. The molecule has 0 spiro atoms. The fourth-order valence-electron chi connectivity index (χ4n) is 7.07. The first kappa shape index (κ1) is 40.5. The van der Waals surface area contributed by atoms with Crippen LogP contribution in [-0.4, -0.2) is 90.3 Å². The average molecular weight is 790 g/mol. The van der Waals surface area contributed by atoms with Crippen LogP contribution >= 0.6 is 0 Å². The van der Waals surface area contributed by atoms with Gasteiger partial charge < -0.3 is 29.7 Å². The highest BCUT2D eigenvalue weighted by Crippen LogP contribution is 2.45. The van der Waals surface area contributed by atoms with Crippen LogP contribution in [0.1, 0.15) is 66.7 Å². The molecule has 5 atom stereocenters. The number of aromatic nitrogens is 1. The molecule has 3 aliphatic rings. The van der Waals surface area contributed by atoms with Crippen molar-refractivity contribution in [1.82, 2.24) is 25.2 Å². The van der Waals surface area contributed by atoms with Gasteiger partial charge in [0, 0.05) is 35.4 Å². The SMILES string of the molecule is C=CC1CC1(NC(=O)[C@@H]1C[C@@H](Oc2cc(-c3ccccc3)nc3cc(OC)ccc23)CN1C(=O)[C@H](CC(C)C)NC(=O)OC(C)(C)C)C(=O)NS(=O)(=O)C1CC1. The third kappa shape index (κ3) is 9.09. The maximum Gasteiger partial charge on any atom is 0.408 e. The third-order valence-corrected chi connectivity index (χ3v) is 12.0. The number of nitrogens with zero attached hydrogens (tertiary/aromatic N) is 2. The van der Waals surface area contributed by atoms with Crippen molar-refractivity contribution in [3.63, 3.8) is 0 Å². The highest BCUT2D eigenvalue weighted by atomic mass is 32.2. The molecule has 3 fully saturated rings. The lowest BCUT2D eigenvalue weighted by Crippen LogP contribution is -2.58. The predicted octanol–water partition coefficient (Wildman–Crippen LogP) is 4.87. The Balaban J connectivity index is 1.33. The van der Waals surface area contributed by atoms with E-state index < -0.39 is 74.3 Å². The Labute approximate surface area is 327 Å². The fourth-order valence-corrected chi connectivity index (χ4v) is 8.44. The number of carbonyl (C=O) groups is 4. The smallest absolute Gasteiger partial charge is 0.408 e. The van der Waals surface area contributed by atoms with Crippen LogP contribution in [0, 0.1) is 11.8 Å². The van der Waals surface area contributed by atoms with Gasteiger partial charge in [-0.15, -0.1) is 6.58 Å². The van der Waals surface area contributed by atoms with Crippen molar-refractivity contribution in [3.05, 3.63) is 67.3 Å². The molecule has 3 N–H and O–H groups in total. The van der Waals surface area contributed by atoms with Gasteiger partial charge in [0.05, 0.1) is 30.1 Å². The highest BCUT2D eigenvalue weighted by Gasteiger charge is 2.62. The van der Waals surface area contributed by atoms with Crippen LogP contribution in [0.2, 0.25) is 0 Å². The number of sulfonamides is 1. The van der Waals surface area contributed by atoms with E-state index in [1.165, 1.54) is 11.0 Å². The second kappa shape index (κ2) is 15.8. The Hall–Kier alpha value is -5.18. The van der Waals surface area contributed by atoms with Gasteiger partial charge >= 0.3 is 6.09 Å². The zero-order valence-electron chi connectivity index (χ0n) is 32.7. The van der Waals surface area contributed by atoms with E-state index in [1.54, 1.807) is 40.0 Å². The molecule has 1 aromatic heterocycles. The molecule has 2 aromatic carbocycles. The number of rotatable bonds is 14. The molecule has 4 amide bonds. The van der Waals surface area contributed by atoms with Crippen LogP contribution in [0.3, 0.4) is 0 Å². The topological polar surface area (TPSA) is 182 Å². The predicted molar refractivity (Wildman–Crippen MR) is 210 cm³/mol. The minimum Gasteiger partial charge on any atom is -0.497 e. The molecule has 6 rings (SSSR count). The van der Waals surface area contributed by atoms with Crippen LogP contribution in [0.5, 0.6) is 11.5 Å². The molecule has 300 valence electrons. The maximum absolute atomic E-state index is 14.5. The van der Waals surface area contributed by atoms with Gasteiger partial charge in [-0.2, -0.15) is 0 Å². The van der Waals surface area contributed by atoms with Crippen LogP contribution < -0.4 is 24.8 Å². The number of hydrogen-bond acceptors (Lipinski definition) is 10. The molecule has 0 bridgehead atoms. The van der Waals surface area contributed by atoms with E-state index in [2.05, 4.69) is 21.9 Å². The number of carbonyl (C=O) groups excluding carboxylic acids is 4. The lowest BCUT2D eigenvalue weighted by atomic mass is 10.0. The average Bonchev–Trinajstić information content (AvgIpc) is 4.07. The molecular weight excluding hydrogens is 739 g/mol. The number of methoxy groups -OCH3 is 1. The number of alkyl carbamates (subject to hydrolysis) is 1. The number of fused-ring (bicyclic) bond motifs is 1. The van der Waals surface area contributed by atoms with E-state index in [0.717, 1.165) is 5.56 Å². The number of nitrogens with one attached hydrogen (secondary N) is 3. The number of hydrogen-bond donors (Lipinski definition) is 3. The van der Waals surface area contributed by atoms with Crippen molar-refractivity contribution in [1.29, 1.82) is 0 Å². The number of likely N-dealkylation sites (tertiary alicyclic amines) is 1. The molecular formula is C41H51N5O9S. The zero-order valence-corrected chi connectivity index (χ0v) is 33.5. The van der Waals surface area contributed by atoms with Crippen LogP contribution in [0.15, 0.2) is 67.3 Å². The van der Waals surface area contributed by atoms with Crippen molar-refractivity contribution in [2.75, 3.05) is 13.7 Å². The summed E-state index contributed by atoms with van der Waals surface area (Å²) in [6.45, 7) is 12.7. The molecule has 3 aromatic rings. The lowest BCUT2D eigenvalue weighted by molar-refractivity contribution is -0.141. The first-order valence-electron chi connectivity index (χ1n) is 18.9. The molecule has 2 heterocycles. The number of pyridine rings is 1. The summed E-state index contributed by atoms with van der Waals surface area (Å²) in [5, 5.41) is 5.56. The third-order valence-electron chi connectivity index (χ3n) is 10.1. The summed E-state index contributed by atoms with van der Waals surface area (Å²) in [5.74, 6) is -1.53. The number of ether oxygens (including phenoxy) is 3. The molecule has 1 aliphatic heterocycles. The van der Waals surface area contributed by atoms with Crippen molar-refractivity contribution in [3.8, 4) is 22.8 Å². The van der Waals surface area contributed by atoms with E-state index in [1.807, 2.05) is 56.3 Å². The number of benzene rings is 2. The monoisotopic (exact) mass is 789 g/mol. The normalized spacial score (nSPS) is 22.6. The van der Waals surface area contributed by atoms with E-state index in [4.69, 9.17) is 19.2 Å². The van der Waals surface area contributed by atoms with Crippen molar-refractivity contribution >= 4 is 44.7 Å². The first-order valence-corrected chi connectivity index (χ1v) is 20.5. The summed E-state index contributed by atoms with van der Waals surface area (Å²) in [5.41, 5.74) is -0.295. The van der Waals surface area contributed by atoms with E-state index in [9.17, 15) is 27.6 Å². The summed E-state index contributed by atoms with van der Waals surface area (Å²) in [4.78, 5) is 61.7. The molecule has 0 radical (unpaired) electrons. The quantitative estimate of drug-likeness (QED) is 0.191. The van der Waals surface area contributed by atoms with Gasteiger partial charge in [0.2, 0.25) is 21.8 Å². The Kier molecular flexibility index (Phi) is 11.4. The van der Waals surface area contributed by atoms with Gasteiger partial charge in [0.1, 0.15) is 40.8 Å². The van der Waals surface area contributed by atoms with Gasteiger partial charge in [-0.3, -0.25) is 19.1 Å². The zero-order chi connectivity index (χ0) is 40.6. The summed E-state index contributed by atoms with van der Waals surface area (Å²) in [6.07, 6.45) is 1.32. The van der Waals surface area contributed by atoms with E-state index >= 15 is 0 Å². The van der Waals surface area contributed by atoms with Gasteiger partial charge in [-0.1, -0.05) is 50.3 Å². The van der Waals surface area contributed by atoms with Crippen molar-refractivity contribution in [2.45, 2.75) is 101 Å². The molecule has 2 unspecified atom stereocenters. The molecule has 2 saturated carbocycles. The van der Waals surface area contributed by atoms with E-state index in [-0.39, 0.29) is 31.7 Å². The molecule has 56 heavy (non-hydrogen) atoms. The Morgan fingerprint density at radius 2 is 1.79 bits per heavy atom. The summed E-state index contributed by atoms with van der Waals surface area (Å²) >= 11 is 0. The Bertz CT molecular complexity index is 2120. The summed E-state index contributed by atoms with van der Waals surface area (Å²) in [7, 11) is -2.34. The van der Waals surface area contributed by atoms with Crippen molar-refractivity contribution < 1.29 is 41.8 Å². The van der Waals surface area contributed by atoms with Gasteiger partial charge in [-0.25, -0.2) is 18.2 Å². The van der Waals surface area contributed by atoms with Gasteiger partial charge in [0.25, 0.3) is 5.91 Å². The number of amides is 4. The van der Waals surface area contributed by atoms with E-state index in [0.29, 0.717) is 40.9 Å². The lowest BCUT2D eigenvalue weighted by Gasteiger charge is -2.31. The second-order valence-electron chi connectivity index (χ2n) is 16.2. The van der Waals surface area contributed by atoms with Crippen molar-refractivity contribution in [2.24, 2.45) is 11.8 Å². The Morgan fingerprint density at radius 1 is 1.07 bits per heavy atom. The van der Waals surface area contributed by atoms with Crippen LogP contribution in [-0.2, 0) is 29.1 Å². The minimum atomic E-state index is -3.91. The molecule has 14 nitrogen and oxygen atoms in total. The second-order valence-corrected chi connectivity index (χ2v) is 18.2. The van der Waals surface area contributed by atoms with Crippen LogP contribution in [0.4, 0.5) is 4.79 Å². The Morgan fingerprint density at radius 3 is 2.39 bits per heavy atom. The standard InChI is InChI=1S/C41H51N5O9S/c1-8-26-22-41(26,38(49)45-56(51,52)29-15-16-29)44-36(47)34-20-28(23-46(34)37(48)33(18-24(2)3)43-39(50)55-40(4,5)6)54-35-21-31(25-12-10-9-11-13-25)42-32-19-27(53-7)14-17-30(32)35/h8-14,17,19,21,24,26,28-29,33-34H,1,15-16,18,20,22-23H2,2-7H3,(H,43,50)(H,44,47)(H,45,49)/t26?,28-,33+,34+,41?/m1/s1. The highest BCUT2D eigenvalue weighted by molar-refractivity contribution is 7.91. The molecule has 15 heteroatoms. The summed E-state index contributed by atoms with van der Waals surface area (Å²) in [6, 6.07) is 14.6. The van der Waals surface area contributed by atoms with Gasteiger partial charge in [-0.05, 0) is 64.5 Å². The summed E-state index contributed by atoms with van der Waals surface area (Å²) < 4.78 is 45.3. The largest absolute Gasteiger partial charge is 0.497 e. The minimum absolute atomic E-state index is 0.0237. The van der Waals surface area contributed by atoms with Crippen LogP contribution in [0.25, 0.3) is 22.2 Å². The molecule has 1 saturated heterocycles. The first-order chi connectivity index (χ1) is 26.4. The maximum atomic E-state index is 14.5. The van der Waals surface area contributed by atoms with Gasteiger partial charge in [0.15, 0.2) is 0 Å². The molecule has 2 aliphatic carbocycles.